The van der Waals surface area contributed by atoms with Crippen LogP contribution in [-0.4, -0.2) is 0 Å². The Hall–Kier alpha value is -2.74. The first kappa shape index (κ1) is 21.6. The summed E-state index contributed by atoms with van der Waals surface area (Å²) in [5.41, 5.74) is 5.52. The van der Waals surface area contributed by atoms with Crippen molar-refractivity contribution in [3.05, 3.63) is 119 Å². The van der Waals surface area contributed by atoms with Crippen LogP contribution in [0.25, 0.3) is 0 Å². The van der Waals surface area contributed by atoms with Gasteiger partial charge in [0.2, 0.25) is 0 Å². The molecule has 0 spiro atoms. The second kappa shape index (κ2) is 9.45. The molecule has 0 radical (unpaired) electrons. The second-order valence-corrected chi connectivity index (χ2v) is 7.40. The van der Waals surface area contributed by atoms with Gasteiger partial charge < -0.3 is 0 Å². The first-order chi connectivity index (χ1) is 13.2. The summed E-state index contributed by atoms with van der Waals surface area (Å²) in [5, 5.41) is 0. The van der Waals surface area contributed by atoms with E-state index < -0.39 is 11.7 Å². The number of allylic oxidation sites excluding steroid dienone is 16. The van der Waals surface area contributed by atoms with E-state index in [-0.39, 0.29) is 0 Å². The standard InChI is InChI=1S/C26H28F2/c1-17-7-11-23(12-8-17)21(5)25(27)15-19(3)20(4)16-26(28)22(6)24-13-9-18(2)10-14-24/h7,9,11,13,15-16H,3-6,8,10,12,14H2,1-2H3/b25-15+,26-16+. The lowest BCUT2D eigenvalue weighted by atomic mass is 9.92. The molecule has 0 heterocycles. The molecule has 0 aromatic heterocycles. The average Bonchev–Trinajstić information content (AvgIpc) is 2.67. The number of rotatable bonds is 7. The molecule has 0 nitrogen and oxygen atoms in total. The van der Waals surface area contributed by atoms with Gasteiger partial charge in [-0.05, 0) is 74.0 Å². The fraction of sp³-hybridized carbons (Fsp3) is 0.231. The van der Waals surface area contributed by atoms with Crippen molar-refractivity contribution in [3.63, 3.8) is 0 Å². The monoisotopic (exact) mass is 378 g/mol. The van der Waals surface area contributed by atoms with E-state index in [9.17, 15) is 8.78 Å². The molecular formula is C26H28F2. The molecule has 2 heteroatoms. The fourth-order valence-corrected chi connectivity index (χ4v) is 2.96. The van der Waals surface area contributed by atoms with Crippen molar-refractivity contribution in [2.45, 2.75) is 39.5 Å². The van der Waals surface area contributed by atoms with Crippen LogP contribution in [0.4, 0.5) is 8.78 Å². The summed E-state index contributed by atoms with van der Waals surface area (Å²) in [6.07, 6.45) is 13.6. The Bertz CT molecular complexity index is 832. The number of halogens is 2. The van der Waals surface area contributed by atoms with Crippen molar-refractivity contribution in [1.29, 1.82) is 0 Å². The summed E-state index contributed by atoms with van der Waals surface area (Å²) in [7, 11) is 0. The summed E-state index contributed by atoms with van der Waals surface area (Å²) in [5.74, 6) is -0.956. The third-order valence-electron chi connectivity index (χ3n) is 5.08. The maximum absolute atomic E-state index is 14.6. The van der Waals surface area contributed by atoms with Gasteiger partial charge >= 0.3 is 0 Å². The van der Waals surface area contributed by atoms with Crippen LogP contribution in [0.1, 0.15) is 39.5 Å². The SMILES string of the molecule is C=C(/C=C(/F)C(=C)C1=CC=C(C)CC1)C(=C)/C=C(/F)C(=C)C1=CC=C(C)CC1. The molecule has 0 aromatic rings. The van der Waals surface area contributed by atoms with Gasteiger partial charge in [-0.25, -0.2) is 8.78 Å². The van der Waals surface area contributed by atoms with Gasteiger partial charge in [0.15, 0.2) is 0 Å². The van der Waals surface area contributed by atoms with E-state index in [1.54, 1.807) is 0 Å². The van der Waals surface area contributed by atoms with Crippen LogP contribution in [0.5, 0.6) is 0 Å². The molecule has 0 atom stereocenters. The molecule has 0 amide bonds. The molecular weight excluding hydrogens is 350 g/mol. The van der Waals surface area contributed by atoms with Gasteiger partial charge in [-0.3, -0.25) is 0 Å². The molecule has 0 aliphatic heterocycles. The lowest BCUT2D eigenvalue weighted by Crippen LogP contribution is -1.96. The highest BCUT2D eigenvalue weighted by Crippen LogP contribution is 2.31. The quantitative estimate of drug-likeness (QED) is 0.391. The van der Waals surface area contributed by atoms with Gasteiger partial charge in [0.05, 0.1) is 0 Å². The van der Waals surface area contributed by atoms with E-state index in [0.29, 0.717) is 22.3 Å². The Kier molecular flexibility index (Phi) is 7.28. The average molecular weight is 379 g/mol. The zero-order chi connectivity index (χ0) is 20.8. The zero-order valence-corrected chi connectivity index (χ0v) is 16.9. The summed E-state index contributed by atoms with van der Waals surface area (Å²) in [6, 6.07) is 0. The summed E-state index contributed by atoms with van der Waals surface area (Å²) in [4.78, 5) is 0. The topological polar surface area (TPSA) is 0 Å². The van der Waals surface area contributed by atoms with E-state index in [2.05, 4.69) is 26.3 Å². The number of hydrogen-bond donors (Lipinski definition) is 0. The van der Waals surface area contributed by atoms with Crippen molar-refractivity contribution >= 4 is 0 Å². The summed E-state index contributed by atoms with van der Waals surface area (Å²) >= 11 is 0. The zero-order valence-electron chi connectivity index (χ0n) is 16.9. The Morgan fingerprint density at radius 2 is 1.04 bits per heavy atom. The lowest BCUT2D eigenvalue weighted by molar-refractivity contribution is 0.648. The van der Waals surface area contributed by atoms with Crippen molar-refractivity contribution < 1.29 is 8.78 Å². The van der Waals surface area contributed by atoms with Gasteiger partial charge in [0.1, 0.15) is 11.7 Å². The van der Waals surface area contributed by atoms with Crippen LogP contribution in [0.15, 0.2) is 119 Å². The van der Waals surface area contributed by atoms with Crippen LogP contribution in [0.3, 0.4) is 0 Å². The minimum absolute atomic E-state index is 0.304. The molecule has 0 fully saturated rings. The van der Waals surface area contributed by atoms with Gasteiger partial charge in [-0.2, -0.15) is 0 Å². The Morgan fingerprint density at radius 3 is 1.32 bits per heavy atom. The fourth-order valence-electron chi connectivity index (χ4n) is 2.96. The summed E-state index contributed by atoms with van der Waals surface area (Å²) in [6.45, 7) is 19.4. The minimum Gasteiger partial charge on any atom is -0.206 e. The van der Waals surface area contributed by atoms with Crippen LogP contribution < -0.4 is 0 Å². The highest BCUT2D eigenvalue weighted by Gasteiger charge is 2.13. The molecule has 0 saturated heterocycles. The van der Waals surface area contributed by atoms with E-state index in [4.69, 9.17) is 0 Å². The Labute approximate surface area is 167 Å². The van der Waals surface area contributed by atoms with E-state index in [0.717, 1.165) is 36.8 Å². The van der Waals surface area contributed by atoms with Gasteiger partial charge in [-0.1, -0.05) is 61.8 Å². The third kappa shape index (κ3) is 5.63. The normalized spacial score (nSPS) is 17.9. The van der Waals surface area contributed by atoms with E-state index >= 15 is 0 Å². The highest BCUT2D eigenvalue weighted by molar-refractivity contribution is 5.54. The minimum atomic E-state index is -0.478. The van der Waals surface area contributed by atoms with Crippen molar-refractivity contribution in [3.8, 4) is 0 Å². The predicted molar refractivity (Wildman–Crippen MR) is 117 cm³/mol. The lowest BCUT2D eigenvalue weighted by Gasteiger charge is -2.14. The highest BCUT2D eigenvalue weighted by atomic mass is 19.1. The molecule has 0 N–H and O–H groups in total. The molecule has 2 aliphatic carbocycles. The molecule has 0 bridgehead atoms. The van der Waals surface area contributed by atoms with Crippen LogP contribution in [0, 0.1) is 0 Å². The van der Waals surface area contributed by atoms with Crippen LogP contribution >= 0.6 is 0 Å². The summed E-state index contributed by atoms with van der Waals surface area (Å²) < 4.78 is 29.1. The molecule has 2 rings (SSSR count). The first-order valence-electron chi connectivity index (χ1n) is 9.43. The largest absolute Gasteiger partial charge is 0.206 e. The first-order valence-corrected chi connectivity index (χ1v) is 9.43. The molecule has 0 unspecified atom stereocenters. The van der Waals surface area contributed by atoms with E-state index in [1.807, 2.05) is 38.2 Å². The maximum atomic E-state index is 14.6. The van der Waals surface area contributed by atoms with Crippen molar-refractivity contribution in [2.24, 2.45) is 0 Å². The molecule has 146 valence electrons. The van der Waals surface area contributed by atoms with Gasteiger partial charge in [0, 0.05) is 11.1 Å². The molecule has 28 heavy (non-hydrogen) atoms. The van der Waals surface area contributed by atoms with Gasteiger partial charge in [0.25, 0.3) is 0 Å². The molecule has 2 aliphatic rings. The maximum Gasteiger partial charge on any atom is 0.130 e. The smallest absolute Gasteiger partial charge is 0.130 e. The molecule has 0 aromatic carbocycles. The van der Waals surface area contributed by atoms with E-state index in [1.165, 1.54) is 23.3 Å². The third-order valence-corrected chi connectivity index (χ3v) is 5.08. The second-order valence-electron chi connectivity index (χ2n) is 7.40. The Morgan fingerprint density at radius 1 is 0.679 bits per heavy atom. The predicted octanol–water partition coefficient (Wildman–Crippen LogP) is 8.25. The van der Waals surface area contributed by atoms with Crippen LogP contribution in [0.2, 0.25) is 0 Å². The van der Waals surface area contributed by atoms with Crippen molar-refractivity contribution in [2.75, 3.05) is 0 Å². The van der Waals surface area contributed by atoms with Crippen LogP contribution in [-0.2, 0) is 0 Å². The van der Waals surface area contributed by atoms with Gasteiger partial charge in [-0.15, -0.1) is 0 Å². The van der Waals surface area contributed by atoms with Crippen molar-refractivity contribution in [1.82, 2.24) is 0 Å². The molecule has 0 saturated carbocycles. The number of hydrogen-bond acceptors (Lipinski definition) is 0. The Balaban J connectivity index is 2.08.